The van der Waals surface area contributed by atoms with E-state index in [4.69, 9.17) is 0 Å². The van der Waals surface area contributed by atoms with Crippen molar-refractivity contribution in [2.75, 3.05) is 11.5 Å². The van der Waals surface area contributed by atoms with E-state index in [0.29, 0.717) is 6.42 Å². The molecule has 1 aliphatic heterocycles. The Balaban J connectivity index is 2.13. The molecule has 2 atom stereocenters. The Bertz CT molecular complexity index is 550. The second kappa shape index (κ2) is 4.58. The first kappa shape index (κ1) is 14.0. The second-order valence-corrected chi connectivity index (χ2v) is 9.03. The predicted molar refractivity (Wildman–Crippen MR) is 74.8 cm³/mol. The maximum atomic E-state index is 11.6. The molecule has 18 heavy (non-hydrogen) atoms. The lowest BCUT2D eigenvalue weighted by molar-refractivity contribution is 0.351. The van der Waals surface area contributed by atoms with Gasteiger partial charge >= 0.3 is 0 Å². The molecule has 1 aromatic rings. The van der Waals surface area contributed by atoms with E-state index >= 15 is 0 Å². The number of sulfone groups is 1. The van der Waals surface area contributed by atoms with Crippen molar-refractivity contribution >= 4 is 21.2 Å². The number of thiazole rings is 1. The van der Waals surface area contributed by atoms with Gasteiger partial charge in [0.2, 0.25) is 0 Å². The molecule has 0 radical (unpaired) electrons. The van der Waals surface area contributed by atoms with Crippen LogP contribution in [-0.2, 0) is 9.84 Å². The third-order valence-electron chi connectivity index (χ3n) is 3.42. The number of nitrogens with one attached hydrogen (secondary N) is 1. The van der Waals surface area contributed by atoms with Crippen molar-refractivity contribution in [2.45, 2.75) is 45.7 Å². The van der Waals surface area contributed by atoms with Crippen LogP contribution in [0.2, 0.25) is 0 Å². The summed E-state index contributed by atoms with van der Waals surface area (Å²) in [5.74, 6) is 0.519. The maximum absolute atomic E-state index is 11.6. The van der Waals surface area contributed by atoms with Crippen LogP contribution in [-0.4, -0.2) is 30.4 Å². The van der Waals surface area contributed by atoms with E-state index in [2.05, 4.69) is 24.1 Å². The van der Waals surface area contributed by atoms with Crippen molar-refractivity contribution in [3.8, 4) is 0 Å². The van der Waals surface area contributed by atoms with Crippen LogP contribution in [0.1, 0.15) is 41.9 Å². The van der Waals surface area contributed by atoms with Crippen molar-refractivity contribution in [3.05, 3.63) is 15.6 Å². The van der Waals surface area contributed by atoms with E-state index in [9.17, 15) is 8.42 Å². The van der Waals surface area contributed by atoms with E-state index in [0.717, 1.165) is 10.7 Å². The minimum absolute atomic E-state index is 0.0910. The normalized spacial score (nSPS) is 28.4. The van der Waals surface area contributed by atoms with Gasteiger partial charge < -0.3 is 5.32 Å². The molecule has 0 aliphatic carbocycles. The highest BCUT2D eigenvalue weighted by Gasteiger charge is 2.39. The smallest absolute Gasteiger partial charge is 0.152 e. The van der Waals surface area contributed by atoms with E-state index < -0.39 is 9.84 Å². The van der Waals surface area contributed by atoms with Crippen molar-refractivity contribution in [2.24, 2.45) is 0 Å². The van der Waals surface area contributed by atoms with Crippen LogP contribution in [0.5, 0.6) is 0 Å². The molecule has 1 saturated heterocycles. The van der Waals surface area contributed by atoms with Gasteiger partial charge in [-0.25, -0.2) is 13.4 Å². The summed E-state index contributed by atoms with van der Waals surface area (Å²) in [6, 6.07) is 0.0910. The Hall–Kier alpha value is -0.460. The third kappa shape index (κ3) is 2.92. The van der Waals surface area contributed by atoms with Crippen LogP contribution in [0.15, 0.2) is 0 Å². The third-order valence-corrected chi connectivity index (χ3v) is 6.22. The van der Waals surface area contributed by atoms with Gasteiger partial charge in [0.05, 0.1) is 22.2 Å². The zero-order chi connectivity index (χ0) is 13.6. The summed E-state index contributed by atoms with van der Waals surface area (Å²) in [6.07, 6.45) is 0.682. The first-order valence-electron chi connectivity index (χ1n) is 6.13. The standard InChI is InChI=1S/C12H20N2O2S2/c1-8(11-9(2)17-10(3)13-11)14-12(4)5-6-18(15,16)7-12/h8,14H,5-7H2,1-4H3. The number of aryl methyl sites for hydroxylation is 2. The average Bonchev–Trinajstić information content (AvgIpc) is 2.67. The number of aromatic nitrogens is 1. The molecule has 2 unspecified atom stereocenters. The topological polar surface area (TPSA) is 59.1 Å². The Labute approximate surface area is 113 Å². The van der Waals surface area contributed by atoms with Crippen LogP contribution in [0.3, 0.4) is 0 Å². The number of nitrogens with zero attached hydrogens (tertiary/aromatic N) is 1. The molecule has 1 aliphatic rings. The van der Waals surface area contributed by atoms with Crippen LogP contribution in [0.4, 0.5) is 0 Å². The van der Waals surface area contributed by atoms with Crippen LogP contribution >= 0.6 is 11.3 Å². The van der Waals surface area contributed by atoms with Gasteiger partial charge in [0.1, 0.15) is 0 Å². The van der Waals surface area contributed by atoms with E-state index in [-0.39, 0.29) is 23.1 Å². The van der Waals surface area contributed by atoms with Gasteiger partial charge in [0, 0.05) is 16.5 Å². The molecule has 0 amide bonds. The fourth-order valence-electron chi connectivity index (χ4n) is 2.66. The molecular weight excluding hydrogens is 268 g/mol. The Morgan fingerprint density at radius 2 is 2.11 bits per heavy atom. The Morgan fingerprint density at radius 3 is 2.56 bits per heavy atom. The van der Waals surface area contributed by atoms with Gasteiger partial charge in [-0.2, -0.15) is 0 Å². The lowest BCUT2D eigenvalue weighted by Gasteiger charge is -2.28. The minimum atomic E-state index is -2.87. The van der Waals surface area contributed by atoms with Crippen LogP contribution < -0.4 is 5.32 Å². The van der Waals surface area contributed by atoms with Gasteiger partial charge in [-0.05, 0) is 34.1 Å². The summed E-state index contributed by atoms with van der Waals surface area (Å²) in [5.41, 5.74) is 0.727. The molecule has 4 nitrogen and oxygen atoms in total. The fraction of sp³-hybridized carbons (Fsp3) is 0.750. The number of hydrogen-bond acceptors (Lipinski definition) is 5. The van der Waals surface area contributed by atoms with Crippen molar-refractivity contribution in [1.82, 2.24) is 10.3 Å². The fourth-order valence-corrected chi connectivity index (χ4v) is 5.68. The predicted octanol–water partition coefficient (Wildman–Crippen LogP) is 1.99. The lowest BCUT2D eigenvalue weighted by atomic mass is 10.00. The first-order chi connectivity index (χ1) is 8.21. The van der Waals surface area contributed by atoms with Gasteiger partial charge in [0.25, 0.3) is 0 Å². The van der Waals surface area contributed by atoms with E-state index in [1.807, 2.05) is 13.8 Å². The molecule has 0 saturated carbocycles. The Kier molecular flexibility index (Phi) is 3.55. The van der Waals surface area contributed by atoms with E-state index in [1.54, 1.807) is 11.3 Å². The van der Waals surface area contributed by atoms with Crippen LogP contribution in [0.25, 0.3) is 0 Å². The highest BCUT2D eigenvalue weighted by molar-refractivity contribution is 7.91. The zero-order valence-electron chi connectivity index (χ0n) is 11.3. The van der Waals surface area contributed by atoms with E-state index in [1.165, 1.54) is 4.88 Å². The maximum Gasteiger partial charge on any atom is 0.152 e. The summed E-state index contributed by atoms with van der Waals surface area (Å²) in [5, 5.41) is 4.50. The van der Waals surface area contributed by atoms with Crippen molar-refractivity contribution < 1.29 is 8.42 Å². The summed E-state index contributed by atoms with van der Waals surface area (Å²) in [7, 11) is -2.87. The largest absolute Gasteiger partial charge is 0.302 e. The molecule has 0 bridgehead atoms. The van der Waals surface area contributed by atoms with Gasteiger partial charge in [-0.15, -0.1) is 11.3 Å². The summed E-state index contributed by atoms with van der Waals surface area (Å²) < 4.78 is 23.2. The molecule has 0 aromatic carbocycles. The van der Waals surface area contributed by atoms with Crippen molar-refractivity contribution in [3.63, 3.8) is 0 Å². The molecule has 1 N–H and O–H groups in total. The van der Waals surface area contributed by atoms with Crippen LogP contribution in [0, 0.1) is 13.8 Å². The molecule has 2 heterocycles. The average molecular weight is 288 g/mol. The summed E-state index contributed by atoms with van der Waals surface area (Å²) in [6.45, 7) is 8.10. The summed E-state index contributed by atoms with van der Waals surface area (Å²) in [4.78, 5) is 5.73. The molecule has 2 rings (SSSR count). The van der Waals surface area contributed by atoms with Crippen molar-refractivity contribution in [1.29, 1.82) is 0 Å². The SMILES string of the molecule is Cc1nc(C(C)NC2(C)CCS(=O)(=O)C2)c(C)s1. The highest BCUT2D eigenvalue weighted by atomic mass is 32.2. The zero-order valence-corrected chi connectivity index (χ0v) is 12.9. The monoisotopic (exact) mass is 288 g/mol. The molecular formula is C12H20N2O2S2. The Morgan fingerprint density at radius 1 is 1.44 bits per heavy atom. The second-order valence-electron chi connectivity index (χ2n) is 5.44. The quantitative estimate of drug-likeness (QED) is 0.924. The summed E-state index contributed by atoms with van der Waals surface area (Å²) >= 11 is 1.68. The number of rotatable bonds is 3. The van der Waals surface area contributed by atoms with Gasteiger partial charge in [-0.3, -0.25) is 0 Å². The first-order valence-corrected chi connectivity index (χ1v) is 8.77. The molecule has 6 heteroatoms. The number of hydrogen-bond donors (Lipinski definition) is 1. The van der Waals surface area contributed by atoms with Gasteiger partial charge in [-0.1, -0.05) is 0 Å². The van der Waals surface area contributed by atoms with Gasteiger partial charge in [0.15, 0.2) is 9.84 Å². The highest BCUT2D eigenvalue weighted by Crippen LogP contribution is 2.28. The minimum Gasteiger partial charge on any atom is -0.302 e. The molecule has 0 spiro atoms. The molecule has 102 valence electrons. The molecule has 1 fully saturated rings. The lowest BCUT2D eigenvalue weighted by Crippen LogP contribution is -2.44. The molecule has 1 aromatic heterocycles.